The van der Waals surface area contributed by atoms with Crippen LogP contribution in [0.5, 0.6) is 5.75 Å². The number of aromatic nitrogens is 1. The zero-order valence-electron chi connectivity index (χ0n) is 9.11. The molecule has 0 amide bonds. The average Bonchev–Trinajstić information content (AvgIpc) is 2.65. The van der Waals surface area contributed by atoms with E-state index in [0.717, 1.165) is 5.56 Å². The first-order valence-electron chi connectivity index (χ1n) is 5.04. The van der Waals surface area contributed by atoms with E-state index in [-0.39, 0.29) is 6.10 Å². The van der Waals surface area contributed by atoms with Crippen LogP contribution in [0.1, 0.15) is 13.8 Å². The van der Waals surface area contributed by atoms with Crippen molar-refractivity contribution in [3.05, 3.63) is 35.6 Å². The number of benzene rings is 1. The van der Waals surface area contributed by atoms with Crippen LogP contribution >= 0.6 is 11.6 Å². The van der Waals surface area contributed by atoms with Gasteiger partial charge in [-0.1, -0.05) is 28.9 Å². The minimum absolute atomic E-state index is 0.0809. The summed E-state index contributed by atoms with van der Waals surface area (Å²) in [6.45, 7) is 3.91. The van der Waals surface area contributed by atoms with E-state index in [2.05, 4.69) is 5.16 Å². The Bertz CT molecular complexity index is 479. The van der Waals surface area contributed by atoms with Crippen molar-refractivity contribution in [1.82, 2.24) is 5.16 Å². The molecule has 0 aliphatic carbocycles. The van der Waals surface area contributed by atoms with Crippen LogP contribution in [-0.4, -0.2) is 11.3 Å². The van der Waals surface area contributed by atoms with E-state index in [1.807, 2.05) is 38.1 Å². The van der Waals surface area contributed by atoms with Crippen molar-refractivity contribution in [3.8, 4) is 17.0 Å². The van der Waals surface area contributed by atoms with Crippen molar-refractivity contribution in [2.75, 3.05) is 0 Å². The van der Waals surface area contributed by atoms with E-state index in [1.165, 1.54) is 6.26 Å². The molecule has 2 rings (SSSR count). The normalized spacial score (nSPS) is 10.8. The van der Waals surface area contributed by atoms with Gasteiger partial charge in [0.05, 0.1) is 6.10 Å². The predicted molar refractivity (Wildman–Crippen MR) is 62.7 cm³/mol. The average molecular weight is 238 g/mol. The highest BCUT2D eigenvalue weighted by atomic mass is 35.5. The molecule has 0 spiro atoms. The summed E-state index contributed by atoms with van der Waals surface area (Å²) in [6.07, 6.45) is 1.58. The van der Waals surface area contributed by atoms with Crippen LogP contribution in [0.3, 0.4) is 0 Å². The minimum Gasteiger partial charge on any atom is -0.485 e. The maximum absolute atomic E-state index is 5.92. The van der Waals surface area contributed by atoms with Gasteiger partial charge in [0.1, 0.15) is 0 Å². The summed E-state index contributed by atoms with van der Waals surface area (Å²) in [5.41, 5.74) is 1.56. The van der Waals surface area contributed by atoms with Gasteiger partial charge in [0.25, 0.3) is 0 Å². The first-order chi connectivity index (χ1) is 7.66. The predicted octanol–water partition coefficient (Wildman–Crippen LogP) is 3.78. The molecule has 3 nitrogen and oxygen atoms in total. The van der Waals surface area contributed by atoms with Gasteiger partial charge in [-0.15, -0.1) is 0 Å². The summed E-state index contributed by atoms with van der Waals surface area (Å²) in [7, 11) is 0. The molecule has 0 radical (unpaired) electrons. The lowest BCUT2D eigenvalue weighted by Gasteiger charge is -2.08. The quantitative estimate of drug-likeness (QED) is 0.815. The molecular weight excluding hydrogens is 226 g/mol. The number of nitrogens with zero attached hydrogens (tertiary/aromatic N) is 1. The zero-order valence-corrected chi connectivity index (χ0v) is 9.86. The first-order valence-corrected chi connectivity index (χ1v) is 5.41. The molecule has 0 unspecified atom stereocenters. The van der Waals surface area contributed by atoms with Crippen LogP contribution < -0.4 is 4.74 Å². The topological polar surface area (TPSA) is 35.3 Å². The van der Waals surface area contributed by atoms with Crippen LogP contribution in [0, 0.1) is 0 Å². The largest absolute Gasteiger partial charge is 0.485 e. The number of hydrogen-bond donors (Lipinski definition) is 0. The van der Waals surface area contributed by atoms with Gasteiger partial charge < -0.3 is 9.26 Å². The molecule has 0 N–H and O–H groups in total. The lowest BCUT2D eigenvalue weighted by molar-refractivity contribution is 0.240. The number of rotatable bonds is 3. The molecule has 84 valence electrons. The zero-order chi connectivity index (χ0) is 11.5. The molecule has 0 saturated heterocycles. The molecule has 0 bridgehead atoms. The van der Waals surface area contributed by atoms with Gasteiger partial charge in [-0.05, 0) is 26.0 Å². The van der Waals surface area contributed by atoms with Crippen LogP contribution in [0.4, 0.5) is 0 Å². The Morgan fingerprint density at radius 1 is 1.38 bits per heavy atom. The Kier molecular flexibility index (Phi) is 3.15. The van der Waals surface area contributed by atoms with Gasteiger partial charge in [-0.25, -0.2) is 0 Å². The van der Waals surface area contributed by atoms with E-state index >= 15 is 0 Å². The van der Waals surface area contributed by atoms with Crippen molar-refractivity contribution in [2.45, 2.75) is 20.0 Å². The standard InChI is InChI=1S/C12H12ClNO2/c1-8(2)16-11-7-15-14-12(11)9-4-3-5-10(13)6-9/h3-8H,1-2H3. The summed E-state index contributed by atoms with van der Waals surface area (Å²) in [6, 6.07) is 7.42. The van der Waals surface area contributed by atoms with Gasteiger partial charge in [-0.3, -0.25) is 0 Å². The van der Waals surface area contributed by atoms with Crippen molar-refractivity contribution in [3.63, 3.8) is 0 Å². The van der Waals surface area contributed by atoms with E-state index in [9.17, 15) is 0 Å². The Balaban J connectivity index is 2.37. The number of halogens is 1. The van der Waals surface area contributed by atoms with E-state index in [4.69, 9.17) is 20.9 Å². The Hall–Kier alpha value is -1.48. The second kappa shape index (κ2) is 4.58. The molecular formula is C12H12ClNO2. The Morgan fingerprint density at radius 2 is 2.19 bits per heavy atom. The van der Waals surface area contributed by atoms with E-state index in [0.29, 0.717) is 16.5 Å². The van der Waals surface area contributed by atoms with E-state index in [1.54, 1.807) is 0 Å². The van der Waals surface area contributed by atoms with Crippen LogP contribution in [0.15, 0.2) is 35.1 Å². The molecule has 16 heavy (non-hydrogen) atoms. The molecule has 0 aliphatic rings. The van der Waals surface area contributed by atoms with E-state index < -0.39 is 0 Å². The third kappa shape index (κ3) is 2.36. The second-order valence-corrected chi connectivity index (χ2v) is 4.14. The van der Waals surface area contributed by atoms with Gasteiger partial charge in [0.15, 0.2) is 17.7 Å². The lowest BCUT2D eigenvalue weighted by atomic mass is 10.1. The molecule has 0 aliphatic heterocycles. The number of ether oxygens (including phenoxy) is 1. The number of hydrogen-bond acceptors (Lipinski definition) is 3. The maximum Gasteiger partial charge on any atom is 0.187 e. The monoisotopic (exact) mass is 237 g/mol. The van der Waals surface area contributed by atoms with Gasteiger partial charge in [0.2, 0.25) is 0 Å². The third-order valence-corrected chi connectivity index (χ3v) is 2.23. The Labute approximate surface area is 99.0 Å². The summed E-state index contributed by atoms with van der Waals surface area (Å²) in [5, 5.41) is 4.58. The fourth-order valence-electron chi connectivity index (χ4n) is 1.40. The SMILES string of the molecule is CC(C)Oc1conc1-c1cccc(Cl)c1. The summed E-state index contributed by atoms with van der Waals surface area (Å²) >= 11 is 5.92. The molecule has 1 aromatic heterocycles. The van der Waals surface area contributed by atoms with Crippen molar-refractivity contribution >= 4 is 11.6 Å². The van der Waals surface area contributed by atoms with Crippen molar-refractivity contribution < 1.29 is 9.26 Å². The highest BCUT2D eigenvalue weighted by molar-refractivity contribution is 6.30. The minimum atomic E-state index is 0.0809. The van der Waals surface area contributed by atoms with Crippen molar-refractivity contribution in [2.24, 2.45) is 0 Å². The van der Waals surface area contributed by atoms with Gasteiger partial charge >= 0.3 is 0 Å². The lowest BCUT2D eigenvalue weighted by Crippen LogP contribution is -2.05. The van der Waals surface area contributed by atoms with Crippen LogP contribution in [0.2, 0.25) is 5.02 Å². The summed E-state index contributed by atoms with van der Waals surface area (Å²) in [5.74, 6) is 0.636. The summed E-state index contributed by atoms with van der Waals surface area (Å²) in [4.78, 5) is 0. The van der Waals surface area contributed by atoms with Crippen LogP contribution in [-0.2, 0) is 0 Å². The second-order valence-electron chi connectivity index (χ2n) is 3.70. The van der Waals surface area contributed by atoms with Gasteiger partial charge in [-0.2, -0.15) is 0 Å². The maximum atomic E-state index is 5.92. The van der Waals surface area contributed by atoms with Crippen molar-refractivity contribution in [1.29, 1.82) is 0 Å². The Morgan fingerprint density at radius 3 is 2.88 bits per heavy atom. The molecule has 4 heteroatoms. The summed E-state index contributed by atoms with van der Waals surface area (Å²) < 4.78 is 10.5. The fraction of sp³-hybridized carbons (Fsp3) is 0.250. The molecule has 0 fully saturated rings. The highest BCUT2D eigenvalue weighted by Crippen LogP contribution is 2.30. The molecule has 0 atom stereocenters. The van der Waals surface area contributed by atoms with Gasteiger partial charge in [0, 0.05) is 10.6 Å². The fourth-order valence-corrected chi connectivity index (χ4v) is 1.59. The smallest absolute Gasteiger partial charge is 0.187 e. The third-order valence-electron chi connectivity index (χ3n) is 2.00. The molecule has 1 heterocycles. The first kappa shape index (κ1) is 11.0. The van der Waals surface area contributed by atoms with Crippen LogP contribution in [0.25, 0.3) is 11.3 Å². The molecule has 1 aromatic carbocycles. The highest BCUT2D eigenvalue weighted by Gasteiger charge is 2.12. The molecule has 0 saturated carbocycles. The molecule has 2 aromatic rings.